The van der Waals surface area contributed by atoms with Crippen molar-refractivity contribution >= 4 is 31.9 Å². The number of benzene rings is 1. The molecule has 1 aromatic carbocycles. The second kappa shape index (κ2) is 9.83. The highest BCUT2D eigenvalue weighted by Gasteiger charge is 2.47. The summed E-state index contributed by atoms with van der Waals surface area (Å²) in [5.41, 5.74) is 0. The number of halogens is 2. The van der Waals surface area contributed by atoms with Crippen molar-refractivity contribution in [2.75, 3.05) is 13.2 Å². The Kier molecular flexibility index (Phi) is 7.89. The summed E-state index contributed by atoms with van der Waals surface area (Å²) < 4.78 is 23.1. The molecule has 0 amide bonds. The maximum atomic E-state index is 10.2. The predicted molar refractivity (Wildman–Crippen MR) is 103 cm³/mol. The summed E-state index contributed by atoms with van der Waals surface area (Å²) in [6.07, 6.45) is -12.1. The monoisotopic (exact) mass is 544 g/mol. The minimum Gasteiger partial charge on any atom is -0.461 e. The highest BCUT2D eigenvalue weighted by atomic mass is 79.9. The van der Waals surface area contributed by atoms with Crippen molar-refractivity contribution in [2.45, 2.75) is 55.3 Å². The fourth-order valence-electron chi connectivity index (χ4n) is 3.05. The van der Waals surface area contributed by atoms with E-state index in [4.69, 9.17) is 24.1 Å². The van der Waals surface area contributed by atoms with Gasteiger partial charge < -0.3 is 49.6 Å². The second-order valence-electron chi connectivity index (χ2n) is 6.75. The molecule has 3 rings (SSSR count). The lowest BCUT2D eigenvalue weighted by atomic mass is 10.0. The van der Waals surface area contributed by atoms with Gasteiger partial charge in [0.25, 0.3) is 0 Å². The average molecular weight is 546 g/mol. The van der Waals surface area contributed by atoms with Crippen LogP contribution < -0.4 is 4.74 Å². The van der Waals surface area contributed by atoms with E-state index in [1.54, 1.807) is 18.2 Å². The zero-order chi connectivity index (χ0) is 21.3. The summed E-state index contributed by atoms with van der Waals surface area (Å²) in [7, 11) is 0. The molecule has 2 aliphatic rings. The van der Waals surface area contributed by atoms with Gasteiger partial charge in [0.1, 0.15) is 48.5 Å². The highest BCUT2D eigenvalue weighted by molar-refractivity contribution is 9.11. The van der Waals surface area contributed by atoms with E-state index in [1.807, 2.05) is 0 Å². The van der Waals surface area contributed by atoms with Crippen LogP contribution in [0.25, 0.3) is 0 Å². The van der Waals surface area contributed by atoms with Gasteiger partial charge in [-0.15, -0.1) is 0 Å². The molecule has 2 fully saturated rings. The highest BCUT2D eigenvalue weighted by Crippen LogP contribution is 2.32. The van der Waals surface area contributed by atoms with Crippen molar-refractivity contribution in [1.82, 2.24) is 0 Å². The number of ether oxygens (including phenoxy) is 4. The molecule has 9 atom stereocenters. The molecule has 2 heterocycles. The van der Waals surface area contributed by atoms with Crippen LogP contribution >= 0.6 is 31.9 Å². The predicted octanol–water partition coefficient (Wildman–Crippen LogP) is -1.15. The molecule has 10 nitrogen and oxygen atoms in total. The molecule has 0 bridgehead atoms. The van der Waals surface area contributed by atoms with E-state index >= 15 is 0 Å². The standard InChI is InChI=1S/C17H22Br2O10/c18-6-1-2-8(7(19)3-6)28-17-15(25)13(23)14(24)16(29-17)26-5-10-12(22)11(21)9(4-20)27-10/h1-3,9-17,20-25H,4-5H2/t9?,10?,11?,12?,13-,14-,15+,16-,17+/m0/s1. The van der Waals surface area contributed by atoms with E-state index in [0.717, 1.165) is 4.47 Å². The van der Waals surface area contributed by atoms with Crippen LogP contribution in [0.5, 0.6) is 5.75 Å². The molecule has 0 aromatic heterocycles. The molecule has 6 N–H and O–H groups in total. The Morgan fingerprint density at radius 2 is 1.48 bits per heavy atom. The first-order valence-corrected chi connectivity index (χ1v) is 10.4. The Labute approximate surface area is 182 Å². The van der Waals surface area contributed by atoms with Crippen LogP contribution in [0.4, 0.5) is 0 Å². The largest absolute Gasteiger partial charge is 0.461 e. The molecule has 0 spiro atoms. The second-order valence-corrected chi connectivity index (χ2v) is 8.52. The summed E-state index contributed by atoms with van der Waals surface area (Å²) in [6, 6.07) is 5.03. The number of rotatable bonds is 6. The fourth-order valence-corrected chi connectivity index (χ4v) is 4.19. The number of aliphatic hydroxyl groups is 6. The van der Waals surface area contributed by atoms with Crippen LogP contribution in [0, 0.1) is 0 Å². The van der Waals surface area contributed by atoms with Gasteiger partial charge in [-0.05, 0) is 34.1 Å². The smallest absolute Gasteiger partial charge is 0.231 e. The maximum absolute atomic E-state index is 10.2. The summed E-state index contributed by atoms with van der Waals surface area (Å²) in [5, 5.41) is 59.3. The van der Waals surface area contributed by atoms with Gasteiger partial charge in [0, 0.05) is 4.47 Å². The molecule has 164 valence electrons. The van der Waals surface area contributed by atoms with Gasteiger partial charge in [-0.2, -0.15) is 0 Å². The first-order valence-electron chi connectivity index (χ1n) is 8.78. The maximum Gasteiger partial charge on any atom is 0.231 e. The first-order chi connectivity index (χ1) is 13.7. The van der Waals surface area contributed by atoms with Gasteiger partial charge in [0.2, 0.25) is 6.29 Å². The Balaban J connectivity index is 1.64. The van der Waals surface area contributed by atoms with Crippen LogP contribution in [0.1, 0.15) is 0 Å². The third-order valence-electron chi connectivity index (χ3n) is 4.73. The van der Waals surface area contributed by atoms with Gasteiger partial charge in [-0.1, -0.05) is 15.9 Å². The third-order valence-corrected chi connectivity index (χ3v) is 5.84. The van der Waals surface area contributed by atoms with E-state index in [9.17, 15) is 25.5 Å². The lowest BCUT2D eigenvalue weighted by Crippen LogP contribution is -2.60. The molecule has 1 aromatic rings. The number of aliphatic hydroxyl groups excluding tert-OH is 6. The van der Waals surface area contributed by atoms with Gasteiger partial charge >= 0.3 is 0 Å². The normalized spacial score (nSPS) is 40.2. The van der Waals surface area contributed by atoms with Gasteiger partial charge in [-0.3, -0.25) is 0 Å². The van der Waals surface area contributed by atoms with E-state index in [1.165, 1.54) is 0 Å². The van der Waals surface area contributed by atoms with Crippen molar-refractivity contribution in [3.63, 3.8) is 0 Å². The fraction of sp³-hybridized carbons (Fsp3) is 0.647. The molecule has 2 saturated heterocycles. The van der Waals surface area contributed by atoms with Crippen molar-refractivity contribution < 1.29 is 49.6 Å². The first kappa shape index (κ1) is 23.3. The van der Waals surface area contributed by atoms with E-state index in [2.05, 4.69) is 31.9 Å². The summed E-state index contributed by atoms with van der Waals surface area (Å²) >= 11 is 6.62. The minimum atomic E-state index is -1.63. The van der Waals surface area contributed by atoms with E-state index in [0.29, 0.717) is 10.2 Å². The molecular weight excluding hydrogens is 524 g/mol. The summed E-state index contributed by atoms with van der Waals surface area (Å²) in [4.78, 5) is 0. The number of hydrogen-bond acceptors (Lipinski definition) is 10. The lowest BCUT2D eigenvalue weighted by Gasteiger charge is -2.40. The van der Waals surface area contributed by atoms with Crippen LogP contribution in [0.3, 0.4) is 0 Å². The van der Waals surface area contributed by atoms with Crippen LogP contribution in [-0.4, -0.2) is 99.2 Å². The van der Waals surface area contributed by atoms with E-state index < -0.39 is 61.9 Å². The van der Waals surface area contributed by atoms with Gasteiger partial charge in [0.05, 0.1) is 17.7 Å². The Morgan fingerprint density at radius 1 is 0.828 bits per heavy atom. The molecule has 0 aliphatic carbocycles. The van der Waals surface area contributed by atoms with Crippen LogP contribution in [-0.2, 0) is 14.2 Å². The Hall–Kier alpha value is -0.380. The van der Waals surface area contributed by atoms with Crippen molar-refractivity contribution in [3.8, 4) is 5.75 Å². The van der Waals surface area contributed by atoms with E-state index in [-0.39, 0.29) is 6.61 Å². The number of hydrogen-bond donors (Lipinski definition) is 6. The SMILES string of the molecule is OCC1OC(CO[C@H]2O[C@@H](Oc3ccc(Br)cc3Br)[C@H](O)[C@@H](O)[C@@H]2O)C(O)C1O. The lowest BCUT2D eigenvalue weighted by molar-refractivity contribution is -0.336. The molecule has 4 unspecified atom stereocenters. The van der Waals surface area contributed by atoms with Crippen molar-refractivity contribution in [1.29, 1.82) is 0 Å². The molecule has 12 heteroatoms. The van der Waals surface area contributed by atoms with Crippen molar-refractivity contribution in [3.05, 3.63) is 27.1 Å². The van der Waals surface area contributed by atoms with Gasteiger partial charge in [0.15, 0.2) is 6.29 Å². The molecule has 0 saturated carbocycles. The van der Waals surface area contributed by atoms with Crippen LogP contribution in [0.15, 0.2) is 27.1 Å². The Bertz CT molecular complexity index is 694. The quantitative estimate of drug-likeness (QED) is 0.258. The molecular formula is C17H22Br2O10. The van der Waals surface area contributed by atoms with Gasteiger partial charge in [-0.25, -0.2) is 0 Å². The zero-order valence-corrected chi connectivity index (χ0v) is 18.1. The van der Waals surface area contributed by atoms with Crippen LogP contribution in [0.2, 0.25) is 0 Å². The van der Waals surface area contributed by atoms with Crippen molar-refractivity contribution in [2.24, 2.45) is 0 Å². The summed E-state index contributed by atoms with van der Waals surface area (Å²) in [6.45, 7) is -0.797. The average Bonchev–Trinajstić information content (AvgIpc) is 2.97. The topological polar surface area (TPSA) is 158 Å². The molecule has 0 radical (unpaired) electrons. The molecule has 2 aliphatic heterocycles. The summed E-state index contributed by atoms with van der Waals surface area (Å²) in [5.74, 6) is 0.322. The third kappa shape index (κ3) is 5.10. The Morgan fingerprint density at radius 3 is 2.10 bits per heavy atom. The molecule has 29 heavy (non-hydrogen) atoms. The minimum absolute atomic E-state index is 0.312. The zero-order valence-electron chi connectivity index (χ0n) is 14.9.